The van der Waals surface area contributed by atoms with Crippen molar-refractivity contribution < 1.29 is 28.6 Å². The fraction of sp³-hybridized carbons (Fsp3) is 0.286. The summed E-state index contributed by atoms with van der Waals surface area (Å²) in [5.41, 5.74) is 1.22. The Hall–Kier alpha value is -2.87. The molecule has 0 bridgehead atoms. The highest BCUT2D eigenvalue weighted by Gasteiger charge is 2.15. The third-order valence-corrected chi connectivity index (χ3v) is 4.22. The van der Waals surface area contributed by atoms with Crippen molar-refractivity contribution in [3.63, 3.8) is 0 Å². The number of halogens is 1. The third-order valence-electron chi connectivity index (χ3n) is 3.63. The van der Waals surface area contributed by atoms with E-state index in [4.69, 9.17) is 14.2 Å². The predicted octanol–water partition coefficient (Wildman–Crippen LogP) is 4.24. The van der Waals surface area contributed by atoms with Crippen LogP contribution in [0.1, 0.15) is 41.0 Å². The van der Waals surface area contributed by atoms with Crippen LogP contribution in [-0.2, 0) is 9.53 Å². The number of ether oxygens (including phenoxy) is 3. The molecule has 0 aliphatic heterocycles. The SMILES string of the molecule is CCCOC(=O)c1cccc(NC(=O)COc2c(Br)cc(C=O)cc2OCC)c1. The van der Waals surface area contributed by atoms with Crippen molar-refractivity contribution in [2.75, 3.05) is 25.1 Å². The van der Waals surface area contributed by atoms with Gasteiger partial charge in [-0.3, -0.25) is 9.59 Å². The smallest absolute Gasteiger partial charge is 0.338 e. The molecule has 8 heteroatoms. The fourth-order valence-electron chi connectivity index (χ4n) is 2.40. The maximum absolute atomic E-state index is 12.3. The van der Waals surface area contributed by atoms with Crippen LogP contribution in [0.2, 0.25) is 0 Å². The monoisotopic (exact) mass is 463 g/mol. The van der Waals surface area contributed by atoms with Gasteiger partial charge in [0.2, 0.25) is 0 Å². The highest BCUT2D eigenvalue weighted by molar-refractivity contribution is 9.10. The van der Waals surface area contributed by atoms with Crippen LogP contribution in [0.15, 0.2) is 40.9 Å². The number of benzene rings is 2. The number of hydrogen-bond acceptors (Lipinski definition) is 6. The second-order valence-corrected chi connectivity index (χ2v) is 6.79. The summed E-state index contributed by atoms with van der Waals surface area (Å²) < 4.78 is 16.7. The molecule has 2 aromatic rings. The molecule has 1 amide bonds. The van der Waals surface area contributed by atoms with Gasteiger partial charge in [0.15, 0.2) is 18.1 Å². The second kappa shape index (κ2) is 11.2. The largest absolute Gasteiger partial charge is 0.490 e. The van der Waals surface area contributed by atoms with Gasteiger partial charge in [0.1, 0.15) is 6.29 Å². The van der Waals surface area contributed by atoms with E-state index in [1.54, 1.807) is 37.3 Å². The molecule has 2 rings (SSSR count). The lowest BCUT2D eigenvalue weighted by Crippen LogP contribution is -2.21. The highest BCUT2D eigenvalue weighted by atomic mass is 79.9. The first-order chi connectivity index (χ1) is 14.0. The van der Waals surface area contributed by atoms with Crippen LogP contribution in [0.4, 0.5) is 5.69 Å². The Morgan fingerprint density at radius 2 is 1.93 bits per heavy atom. The molecule has 29 heavy (non-hydrogen) atoms. The van der Waals surface area contributed by atoms with E-state index >= 15 is 0 Å². The Morgan fingerprint density at radius 3 is 2.62 bits per heavy atom. The Bertz CT molecular complexity index is 883. The molecular weight excluding hydrogens is 442 g/mol. The number of amides is 1. The quantitative estimate of drug-likeness (QED) is 0.418. The lowest BCUT2D eigenvalue weighted by molar-refractivity contribution is -0.118. The van der Waals surface area contributed by atoms with Gasteiger partial charge in [-0.25, -0.2) is 4.79 Å². The van der Waals surface area contributed by atoms with E-state index in [1.165, 1.54) is 6.07 Å². The average Bonchev–Trinajstić information content (AvgIpc) is 2.71. The van der Waals surface area contributed by atoms with E-state index in [2.05, 4.69) is 21.2 Å². The summed E-state index contributed by atoms with van der Waals surface area (Å²) >= 11 is 3.32. The Kier molecular flexibility index (Phi) is 8.67. The molecule has 0 saturated carbocycles. The molecule has 0 atom stereocenters. The molecule has 0 spiro atoms. The van der Waals surface area contributed by atoms with Crippen LogP contribution < -0.4 is 14.8 Å². The Labute approximate surface area is 177 Å². The molecular formula is C21H22BrNO6. The van der Waals surface area contributed by atoms with Gasteiger partial charge >= 0.3 is 5.97 Å². The first-order valence-electron chi connectivity index (χ1n) is 9.09. The maximum atomic E-state index is 12.3. The van der Waals surface area contributed by atoms with Crippen LogP contribution in [0.5, 0.6) is 11.5 Å². The number of esters is 1. The zero-order valence-electron chi connectivity index (χ0n) is 16.2. The van der Waals surface area contributed by atoms with Gasteiger partial charge in [0.25, 0.3) is 5.91 Å². The number of carbonyl (C=O) groups excluding carboxylic acids is 3. The number of anilines is 1. The summed E-state index contributed by atoms with van der Waals surface area (Å²) in [4.78, 5) is 35.2. The zero-order chi connectivity index (χ0) is 21.2. The van der Waals surface area contributed by atoms with Crippen molar-refractivity contribution in [1.29, 1.82) is 0 Å². The molecule has 0 radical (unpaired) electrons. The predicted molar refractivity (Wildman–Crippen MR) is 112 cm³/mol. The normalized spacial score (nSPS) is 10.2. The summed E-state index contributed by atoms with van der Waals surface area (Å²) in [5.74, 6) is -0.181. The van der Waals surface area contributed by atoms with Gasteiger partial charge in [0, 0.05) is 11.3 Å². The summed E-state index contributed by atoms with van der Waals surface area (Å²) in [7, 11) is 0. The van der Waals surface area contributed by atoms with Gasteiger partial charge in [-0.05, 0) is 59.6 Å². The maximum Gasteiger partial charge on any atom is 0.338 e. The first-order valence-corrected chi connectivity index (χ1v) is 9.89. The number of carbonyl (C=O) groups is 3. The van der Waals surface area contributed by atoms with E-state index in [0.29, 0.717) is 52.3 Å². The number of nitrogens with one attached hydrogen (secondary N) is 1. The molecule has 154 valence electrons. The number of aldehydes is 1. The molecule has 0 saturated heterocycles. The van der Waals surface area contributed by atoms with E-state index in [0.717, 1.165) is 6.42 Å². The zero-order valence-corrected chi connectivity index (χ0v) is 17.8. The molecule has 0 aliphatic carbocycles. The molecule has 0 fully saturated rings. The Morgan fingerprint density at radius 1 is 1.14 bits per heavy atom. The minimum absolute atomic E-state index is 0.288. The van der Waals surface area contributed by atoms with Crippen molar-refractivity contribution >= 4 is 39.8 Å². The van der Waals surface area contributed by atoms with Crippen molar-refractivity contribution in [1.82, 2.24) is 0 Å². The average molecular weight is 464 g/mol. The topological polar surface area (TPSA) is 90.9 Å². The van der Waals surface area contributed by atoms with Crippen LogP contribution in [0, 0.1) is 0 Å². The second-order valence-electron chi connectivity index (χ2n) is 5.93. The summed E-state index contributed by atoms with van der Waals surface area (Å²) in [5, 5.41) is 2.67. The summed E-state index contributed by atoms with van der Waals surface area (Å²) in [6.07, 6.45) is 1.43. The molecule has 0 aliphatic rings. The van der Waals surface area contributed by atoms with Gasteiger partial charge < -0.3 is 19.5 Å². The van der Waals surface area contributed by atoms with Gasteiger partial charge in [-0.1, -0.05) is 13.0 Å². The number of rotatable bonds is 10. The molecule has 0 aromatic heterocycles. The highest BCUT2D eigenvalue weighted by Crippen LogP contribution is 2.36. The van der Waals surface area contributed by atoms with E-state index in [1.807, 2.05) is 6.92 Å². The van der Waals surface area contributed by atoms with Crippen LogP contribution in [0.25, 0.3) is 0 Å². The molecule has 0 heterocycles. The standard InChI is InChI=1S/C21H22BrNO6/c1-3-8-28-21(26)15-6-5-7-16(11-15)23-19(25)13-29-20-17(22)9-14(12-24)10-18(20)27-4-2/h5-7,9-12H,3-4,8,13H2,1-2H3,(H,23,25). The van der Waals surface area contributed by atoms with Crippen LogP contribution in [0.3, 0.4) is 0 Å². The van der Waals surface area contributed by atoms with E-state index < -0.39 is 11.9 Å². The third kappa shape index (κ3) is 6.60. The molecule has 2 aromatic carbocycles. The molecule has 7 nitrogen and oxygen atoms in total. The lowest BCUT2D eigenvalue weighted by Gasteiger charge is -2.14. The van der Waals surface area contributed by atoms with E-state index in [9.17, 15) is 14.4 Å². The van der Waals surface area contributed by atoms with Crippen LogP contribution in [-0.4, -0.2) is 38.0 Å². The van der Waals surface area contributed by atoms with Crippen molar-refractivity contribution in [2.24, 2.45) is 0 Å². The molecule has 1 N–H and O–H groups in total. The van der Waals surface area contributed by atoms with Gasteiger partial charge in [-0.15, -0.1) is 0 Å². The number of hydrogen-bond donors (Lipinski definition) is 1. The minimum atomic E-state index is -0.445. The summed E-state index contributed by atoms with van der Waals surface area (Å²) in [6, 6.07) is 9.59. The Balaban J connectivity index is 2.04. The van der Waals surface area contributed by atoms with Crippen molar-refractivity contribution in [2.45, 2.75) is 20.3 Å². The summed E-state index contributed by atoms with van der Waals surface area (Å²) in [6.45, 7) is 4.13. The molecule has 0 unspecified atom stereocenters. The van der Waals surface area contributed by atoms with Gasteiger partial charge in [-0.2, -0.15) is 0 Å². The fourth-order valence-corrected chi connectivity index (χ4v) is 2.97. The minimum Gasteiger partial charge on any atom is -0.490 e. The van der Waals surface area contributed by atoms with E-state index in [-0.39, 0.29) is 6.61 Å². The lowest BCUT2D eigenvalue weighted by atomic mass is 10.2. The van der Waals surface area contributed by atoms with Crippen LogP contribution >= 0.6 is 15.9 Å². The van der Waals surface area contributed by atoms with Gasteiger partial charge in [0.05, 0.1) is 23.2 Å². The first kappa shape index (κ1) is 22.4. The van der Waals surface area contributed by atoms with Crippen molar-refractivity contribution in [3.05, 3.63) is 52.0 Å². The van der Waals surface area contributed by atoms with Crippen molar-refractivity contribution in [3.8, 4) is 11.5 Å².